The van der Waals surface area contributed by atoms with Gasteiger partial charge in [0.15, 0.2) is 0 Å². The highest BCUT2D eigenvalue weighted by Gasteiger charge is 2.36. The lowest BCUT2D eigenvalue weighted by atomic mass is 10.0. The van der Waals surface area contributed by atoms with Gasteiger partial charge in [0.25, 0.3) is 5.91 Å². The SMILES string of the molecule is CCN(C(=O)C1CCCO1)C1CCCC1CN. The van der Waals surface area contributed by atoms with Crippen LogP contribution in [0.15, 0.2) is 0 Å². The molecule has 1 amide bonds. The Labute approximate surface area is 103 Å². The predicted molar refractivity (Wildman–Crippen MR) is 66.5 cm³/mol. The summed E-state index contributed by atoms with van der Waals surface area (Å²) in [4.78, 5) is 14.4. The van der Waals surface area contributed by atoms with Crippen molar-refractivity contribution in [3.05, 3.63) is 0 Å². The largest absolute Gasteiger partial charge is 0.368 e. The summed E-state index contributed by atoms with van der Waals surface area (Å²) in [5.41, 5.74) is 5.80. The molecule has 2 aliphatic rings. The van der Waals surface area contributed by atoms with Crippen LogP contribution < -0.4 is 5.73 Å². The minimum Gasteiger partial charge on any atom is -0.368 e. The minimum absolute atomic E-state index is 0.186. The van der Waals surface area contributed by atoms with Gasteiger partial charge < -0.3 is 15.4 Å². The van der Waals surface area contributed by atoms with Gasteiger partial charge in [-0.15, -0.1) is 0 Å². The zero-order valence-corrected chi connectivity index (χ0v) is 10.7. The van der Waals surface area contributed by atoms with E-state index >= 15 is 0 Å². The first-order valence-electron chi connectivity index (χ1n) is 6.90. The maximum atomic E-state index is 12.4. The van der Waals surface area contributed by atoms with E-state index in [1.807, 2.05) is 4.90 Å². The van der Waals surface area contributed by atoms with Crippen LogP contribution in [0, 0.1) is 5.92 Å². The molecule has 2 N–H and O–H groups in total. The van der Waals surface area contributed by atoms with E-state index in [-0.39, 0.29) is 12.0 Å². The molecule has 2 fully saturated rings. The summed E-state index contributed by atoms with van der Waals surface area (Å²) < 4.78 is 5.50. The van der Waals surface area contributed by atoms with Crippen molar-refractivity contribution in [3.63, 3.8) is 0 Å². The molecule has 4 nitrogen and oxygen atoms in total. The molecule has 0 radical (unpaired) electrons. The lowest BCUT2D eigenvalue weighted by Crippen LogP contribution is -2.48. The molecular formula is C13H24N2O2. The maximum Gasteiger partial charge on any atom is 0.251 e. The highest BCUT2D eigenvalue weighted by atomic mass is 16.5. The first-order chi connectivity index (χ1) is 8.27. The first-order valence-corrected chi connectivity index (χ1v) is 6.90. The lowest BCUT2D eigenvalue weighted by Gasteiger charge is -2.33. The van der Waals surface area contributed by atoms with Crippen molar-refractivity contribution in [2.75, 3.05) is 19.7 Å². The van der Waals surface area contributed by atoms with Crippen molar-refractivity contribution in [2.24, 2.45) is 11.7 Å². The summed E-state index contributed by atoms with van der Waals surface area (Å²) in [5, 5.41) is 0. The minimum atomic E-state index is -0.186. The van der Waals surface area contributed by atoms with E-state index < -0.39 is 0 Å². The molecule has 1 heterocycles. The Kier molecular flexibility index (Phi) is 4.40. The zero-order valence-electron chi connectivity index (χ0n) is 10.7. The van der Waals surface area contributed by atoms with E-state index in [4.69, 9.17) is 10.5 Å². The van der Waals surface area contributed by atoms with Crippen LogP contribution in [0.4, 0.5) is 0 Å². The highest BCUT2D eigenvalue weighted by molar-refractivity contribution is 5.81. The summed E-state index contributed by atoms with van der Waals surface area (Å²) in [5.74, 6) is 0.677. The van der Waals surface area contributed by atoms with Gasteiger partial charge in [-0.1, -0.05) is 6.42 Å². The Morgan fingerprint density at radius 1 is 1.35 bits per heavy atom. The lowest BCUT2D eigenvalue weighted by molar-refractivity contribution is -0.143. The number of nitrogens with zero attached hydrogens (tertiary/aromatic N) is 1. The number of carbonyl (C=O) groups is 1. The normalized spacial score (nSPS) is 32.9. The zero-order chi connectivity index (χ0) is 12.3. The molecule has 3 unspecified atom stereocenters. The van der Waals surface area contributed by atoms with Gasteiger partial charge in [-0.3, -0.25) is 4.79 Å². The fourth-order valence-electron chi connectivity index (χ4n) is 3.21. The predicted octanol–water partition coefficient (Wildman–Crippen LogP) is 1.14. The third-order valence-corrected chi connectivity index (χ3v) is 4.15. The molecule has 3 atom stereocenters. The van der Waals surface area contributed by atoms with Gasteiger partial charge >= 0.3 is 0 Å². The van der Waals surface area contributed by atoms with Crippen LogP contribution in [0.1, 0.15) is 39.0 Å². The van der Waals surface area contributed by atoms with Crippen molar-refractivity contribution < 1.29 is 9.53 Å². The standard InChI is InChI=1S/C13H24N2O2/c1-2-15(11-6-3-5-10(11)9-14)13(16)12-7-4-8-17-12/h10-12H,2-9,14H2,1H3. The number of carbonyl (C=O) groups excluding carboxylic acids is 1. The highest BCUT2D eigenvalue weighted by Crippen LogP contribution is 2.30. The monoisotopic (exact) mass is 240 g/mol. The average Bonchev–Trinajstić information content (AvgIpc) is 3.01. The fraction of sp³-hybridized carbons (Fsp3) is 0.923. The first kappa shape index (κ1) is 12.8. The quantitative estimate of drug-likeness (QED) is 0.801. The number of hydrogen-bond donors (Lipinski definition) is 1. The molecule has 0 bridgehead atoms. The van der Waals surface area contributed by atoms with E-state index in [9.17, 15) is 4.79 Å². The van der Waals surface area contributed by atoms with Gasteiger partial charge in [0.1, 0.15) is 6.10 Å². The molecule has 0 aromatic rings. The Hall–Kier alpha value is -0.610. The van der Waals surface area contributed by atoms with Gasteiger partial charge in [0.05, 0.1) is 0 Å². The Morgan fingerprint density at radius 3 is 2.76 bits per heavy atom. The maximum absolute atomic E-state index is 12.4. The second-order valence-corrected chi connectivity index (χ2v) is 5.12. The molecule has 1 saturated carbocycles. The van der Waals surface area contributed by atoms with E-state index in [1.54, 1.807) is 0 Å². The van der Waals surface area contributed by atoms with E-state index in [0.29, 0.717) is 18.5 Å². The van der Waals surface area contributed by atoms with E-state index in [0.717, 1.165) is 38.8 Å². The molecule has 1 aliphatic heterocycles. The number of ether oxygens (including phenoxy) is 1. The van der Waals surface area contributed by atoms with Crippen molar-refractivity contribution >= 4 is 5.91 Å². The van der Waals surface area contributed by atoms with Crippen LogP contribution in [-0.4, -0.2) is 42.6 Å². The van der Waals surface area contributed by atoms with Gasteiger partial charge in [-0.05, 0) is 45.1 Å². The molecule has 1 aliphatic carbocycles. The van der Waals surface area contributed by atoms with Crippen LogP contribution in [0.25, 0.3) is 0 Å². The average molecular weight is 240 g/mol. The van der Waals surface area contributed by atoms with Crippen molar-refractivity contribution in [2.45, 2.75) is 51.2 Å². The molecule has 4 heteroatoms. The molecule has 0 spiro atoms. The fourth-order valence-corrected chi connectivity index (χ4v) is 3.21. The number of rotatable bonds is 4. The van der Waals surface area contributed by atoms with Crippen molar-refractivity contribution in [1.82, 2.24) is 4.90 Å². The Balaban J connectivity index is 2.01. The van der Waals surface area contributed by atoms with Crippen molar-refractivity contribution in [1.29, 1.82) is 0 Å². The molecule has 17 heavy (non-hydrogen) atoms. The van der Waals surface area contributed by atoms with Gasteiger partial charge in [0, 0.05) is 19.2 Å². The number of amides is 1. The third kappa shape index (κ3) is 2.63. The van der Waals surface area contributed by atoms with E-state index in [1.165, 1.54) is 6.42 Å². The van der Waals surface area contributed by atoms with Gasteiger partial charge in [-0.25, -0.2) is 0 Å². The summed E-state index contributed by atoms with van der Waals surface area (Å²) in [6.07, 6.45) is 5.18. The molecule has 1 saturated heterocycles. The Morgan fingerprint density at radius 2 is 2.18 bits per heavy atom. The summed E-state index contributed by atoms with van der Waals surface area (Å²) in [7, 11) is 0. The molecule has 98 valence electrons. The van der Waals surface area contributed by atoms with Crippen molar-refractivity contribution in [3.8, 4) is 0 Å². The second kappa shape index (κ2) is 5.83. The molecule has 0 aromatic carbocycles. The molecule has 0 aromatic heterocycles. The summed E-state index contributed by atoms with van der Waals surface area (Å²) in [6, 6.07) is 0.349. The molecule has 2 rings (SSSR count). The number of nitrogens with two attached hydrogens (primary N) is 1. The number of likely N-dealkylation sites (N-methyl/N-ethyl adjacent to an activating group) is 1. The van der Waals surface area contributed by atoms with Crippen LogP contribution in [-0.2, 0) is 9.53 Å². The summed E-state index contributed by atoms with van der Waals surface area (Å²) >= 11 is 0. The Bertz CT molecular complexity index is 264. The van der Waals surface area contributed by atoms with Crippen LogP contribution in [0.3, 0.4) is 0 Å². The second-order valence-electron chi connectivity index (χ2n) is 5.12. The number of hydrogen-bond acceptors (Lipinski definition) is 3. The van der Waals surface area contributed by atoms with Crippen LogP contribution in [0.2, 0.25) is 0 Å². The molecular weight excluding hydrogens is 216 g/mol. The summed E-state index contributed by atoms with van der Waals surface area (Å²) in [6.45, 7) is 4.26. The van der Waals surface area contributed by atoms with E-state index in [2.05, 4.69) is 6.92 Å². The van der Waals surface area contributed by atoms with Gasteiger partial charge in [0.2, 0.25) is 0 Å². The third-order valence-electron chi connectivity index (χ3n) is 4.15. The van der Waals surface area contributed by atoms with Crippen LogP contribution in [0.5, 0.6) is 0 Å². The topological polar surface area (TPSA) is 55.6 Å². The van der Waals surface area contributed by atoms with Gasteiger partial charge in [-0.2, -0.15) is 0 Å². The smallest absolute Gasteiger partial charge is 0.251 e. The van der Waals surface area contributed by atoms with Crippen LogP contribution >= 0.6 is 0 Å².